The number of carbonyl (C=O) groups excluding carboxylic acids is 1. The smallest absolute Gasteiger partial charge is 0.317 e. The van der Waals surface area contributed by atoms with Crippen molar-refractivity contribution in [3.05, 3.63) is 75.8 Å². The molecule has 4 aliphatic heterocycles. The Bertz CT molecular complexity index is 2150. The number of carbonyl (C=O) groups is 2. The maximum absolute atomic E-state index is 12.3. The monoisotopic (exact) mass is 775 g/mol. The Kier molecular flexibility index (Phi) is 10.1. The molecule has 8 atom stereocenters. The molecule has 298 valence electrons. The maximum Gasteiger partial charge on any atom is 0.317 e. The first-order valence-electron chi connectivity index (χ1n) is 18.6. The van der Waals surface area contributed by atoms with E-state index in [4.69, 9.17) is 54.7 Å². The summed E-state index contributed by atoms with van der Waals surface area (Å²) in [5.74, 6) is -0.579. The van der Waals surface area contributed by atoms with Crippen LogP contribution in [0.15, 0.2) is 53.5 Å². The molecule has 16 nitrogen and oxygen atoms in total. The van der Waals surface area contributed by atoms with E-state index in [0.717, 1.165) is 64.9 Å². The molecule has 0 aromatic heterocycles. The van der Waals surface area contributed by atoms with E-state index in [-0.39, 0.29) is 11.7 Å². The number of carboxylic acids is 1. The van der Waals surface area contributed by atoms with Gasteiger partial charge in [0.05, 0.1) is 38.2 Å². The van der Waals surface area contributed by atoms with Gasteiger partial charge in [0.25, 0.3) is 0 Å². The summed E-state index contributed by atoms with van der Waals surface area (Å²) in [6, 6.07) is 15.1. The Labute approximate surface area is 321 Å². The van der Waals surface area contributed by atoms with Gasteiger partial charge >= 0.3 is 11.9 Å². The zero-order chi connectivity index (χ0) is 39.5. The lowest BCUT2D eigenvalue weighted by Crippen LogP contribution is -2.66. The summed E-state index contributed by atoms with van der Waals surface area (Å²) in [5, 5.41) is 43.9. The first kappa shape index (κ1) is 37.9. The summed E-state index contributed by atoms with van der Waals surface area (Å²) in [6.07, 6.45) is -8.95. The standard InChI is InChI=1S/C40H45N3O13/c1-50-24-11-10-20-29-35(54-33(20)34(24)51-2)28-21(22-17-43-23-9-5-4-8-19(22)23)14-18(15-25(28)56-40(29)12-6-3-7-13-40)52-39-32(49)30(47)31(48)36(55-39)37(38(41)42)53-27(46)16-26(44)45/h4-5,8-11,14-15,29-32,35-39,47-49H,3,6-7,12-13,16-17,41-42H2,1-2H3,(H,44,45). The van der Waals surface area contributed by atoms with Crippen molar-refractivity contribution in [3.63, 3.8) is 0 Å². The molecule has 8 N–H and O–H groups in total. The number of aliphatic hydroxyl groups excluding tert-OH is 3. The number of rotatable bonds is 10. The average molecular weight is 776 g/mol. The zero-order valence-electron chi connectivity index (χ0n) is 30.8. The first-order chi connectivity index (χ1) is 26.9. The number of esters is 1. The van der Waals surface area contributed by atoms with Crippen molar-refractivity contribution in [1.29, 1.82) is 0 Å². The normalized spacial score (nSPS) is 27.4. The Balaban J connectivity index is 1.24. The molecule has 3 aromatic rings. The lowest BCUT2D eigenvalue weighted by Gasteiger charge is -2.48. The van der Waals surface area contributed by atoms with Crippen molar-refractivity contribution >= 4 is 17.5 Å². The molecular weight excluding hydrogens is 730 g/mol. The van der Waals surface area contributed by atoms with Crippen molar-refractivity contribution in [2.75, 3.05) is 20.8 Å². The summed E-state index contributed by atoms with van der Waals surface area (Å²) in [5.41, 5.74) is 14.5. The summed E-state index contributed by atoms with van der Waals surface area (Å²) in [7, 11) is 3.16. The van der Waals surface area contributed by atoms with Gasteiger partial charge in [0, 0.05) is 22.4 Å². The largest absolute Gasteiger partial charge is 0.493 e. The highest BCUT2D eigenvalue weighted by Crippen LogP contribution is 2.64. The SMILES string of the molecule is COc1ccc2c(c1OC)OC1c3c(cc(OC4OC(C(OC(=O)CC(=O)O)C(N)N)C(O)C(O)C4O)cc3C3=c4ccccc4=NC3)OC3(CCCCC3)C21. The van der Waals surface area contributed by atoms with Crippen LogP contribution in [0.25, 0.3) is 5.57 Å². The van der Waals surface area contributed by atoms with E-state index in [9.17, 15) is 24.9 Å². The van der Waals surface area contributed by atoms with E-state index in [1.54, 1.807) is 26.4 Å². The van der Waals surface area contributed by atoms with E-state index < -0.39 is 73.0 Å². The van der Waals surface area contributed by atoms with Crippen LogP contribution < -0.4 is 45.7 Å². The Morgan fingerprint density at radius 3 is 2.46 bits per heavy atom. The number of methoxy groups -OCH3 is 2. The molecule has 4 heterocycles. The Hall–Kier alpha value is -4.97. The third-order valence-corrected chi connectivity index (χ3v) is 11.5. The number of nitrogens with zero attached hydrogens (tertiary/aromatic N) is 1. The van der Waals surface area contributed by atoms with E-state index in [2.05, 4.69) is 0 Å². The molecule has 1 spiro atoms. The molecule has 0 radical (unpaired) electrons. The third kappa shape index (κ3) is 6.39. The fraction of sp³-hybridized carbons (Fsp3) is 0.475. The van der Waals surface area contributed by atoms with E-state index in [1.165, 1.54) is 0 Å². The van der Waals surface area contributed by atoms with E-state index in [0.29, 0.717) is 29.5 Å². The number of nitrogens with two attached hydrogens (primary N) is 2. The minimum Gasteiger partial charge on any atom is -0.493 e. The van der Waals surface area contributed by atoms with Crippen molar-refractivity contribution in [3.8, 4) is 28.7 Å². The molecule has 8 rings (SSSR count). The number of carboxylic acid groups (broad SMARTS) is 1. The van der Waals surface area contributed by atoms with Crippen LogP contribution in [0.5, 0.6) is 28.7 Å². The van der Waals surface area contributed by atoms with Crippen LogP contribution in [0.2, 0.25) is 0 Å². The molecule has 5 aliphatic rings. The van der Waals surface area contributed by atoms with Crippen molar-refractivity contribution < 1.29 is 63.2 Å². The van der Waals surface area contributed by atoms with Crippen molar-refractivity contribution in [2.24, 2.45) is 16.5 Å². The van der Waals surface area contributed by atoms with Crippen LogP contribution in [0.3, 0.4) is 0 Å². The number of benzene rings is 3. The van der Waals surface area contributed by atoms with Gasteiger partial charge in [-0.2, -0.15) is 0 Å². The van der Waals surface area contributed by atoms with Gasteiger partial charge in [-0.1, -0.05) is 30.7 Å². The predicted molar refractivity (Wildman–Crippen MR) is 195 cm³/mol. The first-order valence-corrected chi connectivity index (χ1v) is 18.6. The van der Waals surface area contributed by atoms with Crippen LogP contribution in [-0.2, 0) is 19.1 Å². The number of aliphatic carboxylic acids is 1. The van der Waals surface area contributed by atoms with Gasteiger partial charge < -0.3 is 65.1 Å². The lowest BCUT2D eigenvalue weighted by atomic mass is 9.67. The topological polar surface area (TPSA) is 244 Å². The second-order valence-corrected chi connectivity index (χ2v) is 14.8. The molecule has 0 amide bonds. The number of hydrogen-bond acceptors (Lipinski definition) is 15. The second kappa shape index (κ2) is 14.8. The number of ether oxygens (including phenoxy) is 7. The molecule has 1 saturated carbocycles. The van der Waals surface area contributed by atoms with Crippen LogP contribution >= 0.6 is 0 Å². The Morgan fingerprint density at radius 2 is 1.75 bits per heavy atom. The highest BCUT2D eigenvalue weighted by atomic mass is 16.7. The minimum atomic E-state index is -1.87. The van der Waals surface area contributed by atoms with Crippen LogP contribution in [-0.4, -0.2) is 102 Å². The van der Waals surface area contributed by atoms with Gasteiger partial charge in [-0.3, -0.25) is 14.6 Å². The quantitative estimate of drug-likeness (QED) is 0.0942. The van der Waals surface area contributed by atoms with Crippen molar-refractivity contribution in [1.82, 2.24) is 0 Å². The van der Waals surface area contributed by atoms with Gasteiger partial charge in [0.15, 0.2) is 17.6 Å². The third-order valence-electron chi connectivity index (χ3n) is 11.5. The predicted octanol–water partition coefficient (Wildman–Crippen LogP) is 0.665. The molecule has 56 heavy (non-hydrogen) atoms. The highest BCUT2D eigenvalue weighted by Gasteiger charge is 2.58. The van der Waals surface area contributed by atoms with Gasteiger partial charge in [-0.25, -0.2) is 0 Å². The fourth-order valence-electron chi connectivity index (χ4n) is 8.97. The number of para-hydroxylation sites is 1. The number of hydrogen-bond donors (Lipinski definition) is 6. The van der Waals surface area contributed by atoms with Gasteiger partial charge in [0.1, 0.15) is 54.0 Å². The highest BCUT2D eigenvalue weighted by molar-refractivity contribution is 5.90. The minimum absolute atomic E-state index is 0.178. The van der Waals surface area contributed by atoms with Crippen LogP contribution in [0.4, 0.5) is 0 Å². The molecular formula is C40H45N3O13. The number of aliphatic hydroxyl groups is 3. The zero-order valence-corrected chi connectivity index (χ0v) is 30.8. The molecule has 8 unspecified atom stereocenters. The molecule has 3 aromatic carbocycles. The Morgan fingerprint density at radius 1 is 0.982 bits per heavy atom. The molecule has 16 heteroatoms. The van der Waals surface area contributed by atoms with Gasteiger partial charge in [-0.05, 0) is 55.0 Å². The van der Waals surface area contributed by atoms with E-state index >= 15 is 0 Å². The van der Waals surface area contributed by atoms with Crippen LogP contribution in [0.1, 0.15) is 67.2 Å². The van der Waals surface area contributed by atoms with E-state index in [1.807, 2.05) is 36.4 Å². The summed E-state index contributed by atoms with van der Waals surface area (Å²) in [4.78, 5) is 28.3. The van der Waals surface area contributed by atoms with Crippen LogP contribution in [0, 0.1) is 0 Å². The van der Waals surface area contributed by atoms with Gasteiger partial charge in [0.2, 0.25) is 12.0 Å². The molecule has 1 aliphatic carbocycles. The summed E-state index contributed by atoms with van der Waals surface area (Å²) < 4.78 is 43.2. The number of fused-ring (bicyclic) bond motifs is 7. The molecule has 2 fully saturated rings. The summed E-state index contributed by atoms with van der Waals surface area (Å²) in [6.45, 7) is 0.342. The van der Waals surface area contributed by atoms with Gasteiger partial charge in [-0.15, -0.1) is 0 Å². The summed E-state index contributed by atoms with van der Waals surface area (Å²) >= 11 is 0. The average Bonchev–Trinajstić information content (AvgIpc) is 3.79. The van der Waals surface area contributed by atoms with Crippen molar-refractivity contribution in [2.45, 2.75) is 99.1 Å². The molecule has 1 saturated heterocycles. The molecule has 0 bridgehead atoms. The maximum atomic E-state index is 12.3. The fourth-order valence-corrected chi connectivity index (χ4v) is 8.97. The second-order valence-electron chi connectivity index (χ2n) is 14.8. The lowest BCUT2D eigenvalue weighted by molar-refractivity contribution is -0.291.